The summed E-state index contributed by atoms with van der Waals surface area (Å²) in [6, 6.07) is 7.39. The van der Waals surface area contributed by atoms with E-state index in [0.29, 0.717) is 24.7 Å². The first-order valence-corrected chi connectivity index (χ1v) is 8.41. The standard InChI is InChI=1S/C18H27N3O3/c1-5-13(3)11-18(16(22)21(4)17(19)20-18)12-24-15-9-7-8-14(10-15)23-6-2/h7-10,13H,5-6,11-12H2,1-4H3,(H2,19,20). The number of amides is 1. The molecule has 132 valence electrons. The number of hydrogen-bond acceptors (Lipinski definition) is 5. The van der Waals surface area contributed by atoms with Crippen LogP contribution in [-0.4, -0.2) is 42.6 Å². The molecule has 0 aromatic heterocycles. The van der Waals surface area contributed by atoms with Crippen molar-refractivity contribution in [3.8, 4) is 11.5 Å². The summed E-state index contributed by atoms with van der Waals surface area (Å²) in [6.07, 6.45) is 1.58. The van der Waals surface area contributed by atoms with Crippen molar-refractivity contribution < 1.29 is 14.3 Å². The Hall–Kier alpha value is -2.24. The molecule has 1 aromatic rings. The number of carbonyl (C=O) groups is 1. The molecular weight excluding hydrogens is 306 g/mol. The molecule has 6 heteroatoms. The predicted molar refractivity (Wildman–Crippen MR) is 94.3 cm³/mol. The minimum absolute atomic E-state index is 0.110. The van der Waals surface area contributed by atoms with Gasteiger partial charge in [-0.2, -0.15) is 0 Å². The lowest BCUT2D eigenvalue weighted by atomic mass is 9.87. The van der Waals surface area contributed by atoms with Crippen LogP contribution in [0.2, 0.25) is 0 Å². The third-order valence-electron chi connectivity index (χ3n) is 4.35. The molecule has 1 amide bonds. The Morgan fingerprint density at radius 2 is 1.96 bits per heavy atom. The Labute approximate surface area is 143 Å². The number of likely N-dealkylation sites (N-methyl/N-ethyl adjacent to an activating group) is 1. The van der Waals surface area contributed by atoms with E-state index in [1.807, 2.05) is 31.2 Å². The van der Waals surface area contributed by atoms with Gasteiger partial charge in [0.05, 0.1) is 6.61 Å². The first-order valence-electron chi connectivity index (χ1n) is 8.41. The molecule has 0 saturated carbocycles. The molecule has 0 aliphatic carbocycles. The van der Waals surface area contributed by atoms with Crippen molar-refractivity contribution in [3.63, 3.8) is 0 Å². The number of hydrogen-bond donors (Lipinski definition) is 1. The molecule has 1 aliphatic heterocycles. The average Bonchev–Trinajstić information content (AvgIpc) is 2.78. The highest BCUT2D eigenvalue weighted by Crippen LogP contribution is 2.31. The van der Waals surface area contributed by atoms with E-state index in [-0.39, 0.29) is 18.5 Å². The van der Waals surface area contributed by atoms with Crippen LogP contribution in [0, 0.1) is 5.92 Å². The quantitative estimate of drug-likeness (QED) is 0.792. The molecule has 0 bridgehead atoms. The van der Waals surface area contributed by atoms with E-state index >= 15 is 0 Å². The van der Waals surface area contributed by atoms with Gasteiger partial charge >= 0.3 is 0 Å². The molecular formula is C18H27N3O3. The van der Waals surface area contributed by atoms with Crippen LogP contribution in [0.1, 0.15) is 33.6 Å². The Bertz CT molecular complexity index is 617. The summed E-state index contributed by atoms with van der Waals surface area (Å²) in [6.45, 7) is 6.89. The van der Waals surface area contributed by atoms with Gasteiger partial charge < -0.3 is 15.2 Å². The van der Waals surface area contributed by atoms with Crippen molar-refractivity contribution in [3.05, 3.63) is 24.3 Å². The molecule has 0 saturated heterocycles. The topological polar surface area (TPSA) is 77.2 Å². The van der Waals surface area contributed by atoms with Crippen molar-refractivity contribution in [2.75, 3.05) is 20.3 Å². The normalized spacial score (nSPS) is 21.6. The lowest BCUT2D eigenvalue weighted by Crippen LogP contribution is -2.46. The molecule has 1 heterocycles. The van der Waals surface area contributed by atoms with Gasteiger partial charge in [0.2, 0.25) is 0 Å². The van der Waals surface area contributed by atoms with Crippen molar-refractivity contribution in [2.45, 2.75) is 39.2 Å². The minimum Gasteiger partial charge on any atom is -0.494 e. The number of ether oxygens (including phenoxy) is 2. The third kappa shape index (κ3) is 3.80. The van der Waals surface area contributed by atoms with Crippen molar-refractivity contribution in [1.82, 2.24) is 4.90 Å². The second-order valence-electron chi connectivity index (χ2n) is 6.28. The van der Waals surface area contributed by atoms with E-state index in [1.54, 1.807) is 7.05 Å². The Morgan fingerprint density at radius 3 is 2.50 bits per heavy atom. The molecule has 1 aromatic carbocycles. The molecule has 24 heavy (non-hydrogen) atoms. The molecule has 6 nitrogen and oxygen atoms in total. The highest BCUT2D eigenvalue weighted by atomic mass is 16.5. The lowest BCUT2D eigenvalue weighted by molar-refractivity contribution is -0.132. The fraction of sp³-hybridized carbons (Fsp3) is 0.556. The Kier molecular flexibility index (Phi) is 5.70. The van der Waals surface area contributed by atoms with Crippen LogP contribution >= 0.6 is 0 Å². The van der Waals surface area contributed by atoms with E-state index in [9.17, 15) is 4.79 Å². The fourth-order valence-corrected chi connectivity index (χ4v) is 2.79. The molecule has 2 unspecified atom stereocenters. The summed E-state index contributed by atoms with van der Waals surface area (Å²) in [5.74, 6) is 1.87. The fourth-order valence-electron chi connectivity index (χ4n) is 2.79. The highest BCUT2D eigenvalue weighted by molar-refractivity contribution is 6.06. The van der Waals surface area contributed by atoms with Crippen LogP contribution < -0.4 is 15.2 Å². The van der Waals surface area contributed by atoms with E-state index in [0.717, 1.165) is 12.2 Å². The van der Waals surface area contributed by atoms with Gasteiger partial charge in [-0.1, -0.05) is 26.3 Å². The first kappa shape index (κ1) is 18.1. The molecule has 2 N–H and O–H groups in total. The second-order valence-corrected chi connectivity index (χ2v) is 6.28. The number of nitrogens with two attached hydrogens (primary N) is 1. The maximum atomic E-state index is 12.7. The summed E-state index contributed by atoms with van der Waals surface area (Å²) in [4.78, 5) is 18.6. The Balaban J connectivity index is 2.18. The SMILES string of the molecule is CCOc1cccc(OCC2(CC(C)CC)N=C(N)N(C)C2=O)c1. The summed E-state index contributed by atoms with van der Waals surface area (Å²) >= 11 is 0. The lowest BCUT2D eigenvalue weighted by Gasteiger charge is -2.27. The monoisotopic (exact) mass is 333 g/mol. The maximum absolute atomic E-state index is 12.7. The number of carbonyl (C=O) groups excluding carboxylic acids is 1. The average molecular weight is 333 g/mol. The van der Waals surface area contributed by atoms with Gasteiger partial charge in [-0.3, -0.25) is 9.69 Å². The Morgan fingerprint density at radius 1 is 1.29 bits per heavy atom. The van der Waals surface area contributed by atoms with Gasteiger partial charge in [-0.25, -0.2) is 4.99 Å². The van der Waals surface area contributed by atoms with Gasteiger partial charge in [-0.15, -0.1) is 0 Å². The summed E-state index contributed by atoms with van der Waals surface area (Å²) in [5, 5.41) is 0. The highest BCUT2D eigenvalue weighted by Gasteiger charge is 2.47. The van der Waals surface area contributed by atoms with Crippen molar-refractivity contribution >= 4 is 11.9 Å². The number of benzene rings is 1. The summed E-state index contributed by atoms with van der Waals surface area (Å²) < 4.78 is 11.4. The molecule has 2 atom stereocenters. The number of rotatable bonds is 8. The first-order chi connectivity index (χ1) is 11.4. The van der Waals surface area contributed by atoms with Crippen molar-refractivity contribution in [2.24, 2.45) is 16.6 Å². The van der Waals surface area contributed by atoms with E-state index < -0.39 is 5.54 Å². The number of guanidine groups is 1. The summed E-state index contributed by atoms with van der Waals surface area (Å²) in [5.41, 5.74) is 4.93. The van der Waals surface area contributed by atoms with Gasteiger partial charge in [0.15, 0.2) is 11.5 Å². The van der Waals surface area contributed by atoms with Crippen LogP contribution in [0.4, 0.5) is 0 Å². The number of aliphatic imine (C=N–C) groups is 1. The van der Waals surface area contributed by atoms with Crippen LogP contribution in [0.25, 0.3) is 0 Å². The molecule has 0 radical (unpaired) electrons. The molecule has 0 fully saturated rings. The maximum Gasteiger partial charge on any atom is 0.260 e. The van der Waals surface area contributed by atoms with E-state index in [4.69, 9.17) is 15.2 Å². The zero-order valence-corrected chi connectivity index (χ0v) is 14.9. The minimum atomic E-state index is -0.949. The third-order valence-corrected chi connectivity index (χ3v) is 4.35. The predicted octanol–water partition coefficient (Wildman–Crippen LogP) is 2.43. The van der Waals surface area contributed by atoms with Crippen molar-refractivity contribution in [1.29, 1.82) is 0 Å². The van der Waals surface area contributed by atoms with Crippen LogP contribution in [0.3, 0.4) is 0 Å². The molecule has 1 aliphatic rings. The smallest absolute Gasteiger partial charge is 0.260 e. The van der Waals surface area contributed by atoms with Gasteiger partial charge in [0.1, 0.15) is 18.1 Å². The van der Waals surface area contributed by atoms with E-state index in [1.165, 1.54) is 4.90 Å². The molecule has 2 rings (SSSR count). The van der Waals surface area contributed by atoms with E-state index in [2.05, 4.69) is 18.8 Å². The largest absolute Gasteiger partial charge is 0.494 e. The summed E-state index contributed by atoms with van der Waals surface area (Å²) in [7, 11) is 1.65. The number of nitrogens with zero attached hydrogens (tertiary/aromatic N) is 2. The second kappa shape index (κ2) is 7.55. The zero-order valence-electron chi connectivity index (χ0n) is 14.9. The van der Waals surface area contributed by atoms with Gasteiger partial charge in [0, 0.05) is 13.1 Å². The van der Waals surface area contributed by atoms with Crippen LogP contribution in [-0.2, 0) is 4.79 Å². The molecule has 0 spiro atoms. The van der Waals surface area contributed by atoms with Gasteiger partial charge in [-0.05, 0) is 31.4 Å². The van der Waals surface area contributed by atoms with Gasteiger partial charge in [0.25, 0.3) is 5.91 Å². The zero-order chi connectivity index (χ0) is 17.7. The van der Waals surface area contributed by atoms with Crippen LogP contribution in [0.15, 0.2) is 29.3 Å². The van der Waals surface area contributed by atoms with Crippen LogP contribution in [0.5, 0.6) is 11.5 Å².